The zero-order chi connectivity index (χ0) is 13.9. The van der Waals surface area contributed by atoms with E-state index in [2.05, 4.69) is 25.8 Å². The molecular formula is C12H24IN5O2. The van der Waals surface area contributed by atoms with Crippen LogP contribution in [-0.2, 0) is 11.2 Å². The lowest BCUT2D eigenvalue weighted by Crippen LogP contribution is -2.39. The standard InChI is InChI=1S/C12H23N5O2.HI/c1-4-13-12(15-8-9-18-3)14-7-5-6-11-16-10(2)17-19-11;/h4-9H2,1-3H3,(H2,13,14,15);1H. The Balaban J connectivity index is 0.00000361. The van der Waals surface area contributed by atoms with Crippen LogP contribution in [0.15, 0.2) is 9.52 Å². The Morgan fingerprint density at radius 3 is 2.80 bits per heavy atom. The number of hydrogen-bond donors (Lipinski definition) is 2. The number of hydrogen-bond acceptors (Lipinski definition) is 5. The van der Waals surface area contributed by atoms with Gasteiger partial charge >= 0.3 is 0 Å². The van der Waals surface area contributed by atoms with Crippen molar-refractivity contribution in [3.63, 3.8) is 0 Å². The average Bonchev–Trinajstić information content (AvgIpc) is 2.80. The normalized spacial score (nSPS) is 11.1. The molecule has 0 aliphatic rings. The largest absolute Gasteiger partial charge is 0.383 e. The zero-order valence-electron chi connectivity index (χ0n) is 12.3. The fourth-order valence-electron chi connectivity index (χ4n) is 1.48. The van der Waals surface area contributed by atoms with Gasteiger partial charge in [0.1, 0.15) is 0 Å². The van der Waals surface area contributed by atoms with E-state index in [0.29, 0.717) is 24.9 Å². The molecule has 8 heteroatoms. The molecule has 1 aromatic heterocycles. The van der Waals surface area contributed by atoms with Gasteiger partial charge in [0.05, 0.1) is 6.61 Å². The van der Waals surface area contributed by atoms with Gasteiger partial charge in [-0.05, 0) is 20.3 Å². The summed E-state index contributed by atoms with van der Waals surface area (Å²) in [6.45, 7) is 6.80. The maximum absolute atomic E-state index is 5.04. The zero-order valence-corrected chi connectivity index (χ0v) is 14.6. The smallest absolute Gasteiger partial charge is 0.226 e. The van der Waals surface area contributed by atoms with E-state index in [4.69, 9.17) is 9.26 Å². The molecule has 0 aliphatic carbocycles. The van der Waals surface area contributed by atoms with E-state index >= 15 is 0 Å². The Labute approximate surface area is 137 Å². The van der Waals surface area contributed by atoms with E-state index in [1.54, 1.807) is 7.11 Å². The number of aliphatic imine (C=N–C) groups is 1. The van der Waals surface area contributed by atoms with Crippen molar-refractivity contribution in [2.75, 3.05) is 33.4 Å². The molecule has 0 radical (unpaired) electrons. The molecule has 0 bridgehead atoms. The number of guanidine groups is 1. The van der Waals surface area contributed by atoms with Crippen LogP contribution in [0.3, 0.4) is 0 Å². The van der Waals surface area contributed by atoms with E-state index in [1.807, 2.05) is 13.8 Å². The summed E-state index contributed by atoms with van der Waals surface area (Å²) in [7, 11) is 1.68. The van der Waals surface area contributed by atoms with Crippen LogP contribution >= 0.6 is 24.0 Å². The minimum atomic E-state index is 0. The van der Waals surface area contributed by atoms with E-state index in [1.165, 1.54) is 0 Å². The first kappa shape index (κ1) is 19.1. The summed E-state index contributed by atoms with van der Waals surface area (Å²) >= 11 is 0. The van der Waals surface area contributed by atoms with Crippen LogP contribution in [0, 0.1) is 6.92 Å². The Hall–Kier alpha value is -0.900. The number of aromatic nitrogens is 2. The van der Waals surface area contributed by atoms with Crippen molar-refractivity contribution >= 4 is 29.9 Å². The molecule has 0 unspecified atom stereocenters. The highest BCUT2D eigenvalue weighted by atomic mass is 127. The van der Waals surface area contributed by atoms with Gasteiger partial charge in [-0.1, -0.05) is 5.16 Å². The quantitative estimate of drug-likeness (QED) is 0.296. The highest BCUT2D eigenvalue weighted by molar-refractivity contribution is 14.0. The van der Waals surface area contributed by atoms with Gasteiger partial charge in [0.15, 0.2) is 11.8 Å². The molecular weight excluding hydrogens is 373 g/mol. The van der Waals surface area contributed by atoms with Gasteiger partial charge in [0, 0.05) is 33.2 Å². The Morgan fingerprint density at radius 2 is 2.20 bits per heavy atom. The predicted octanol–water partition coefficient (Wildman–Crippen LogP) is 1.13. The summed E-state index contributed by atoms with van der Waals surface area (Å²) in [5, 5.41) is 10.1. The number of nitrogens with zero attached hydrogens (tertiary/aromatic N) is 3. The van der Waals surface area contributed by atoms with Crippen molar-refractivity contribution < 1.29 is 9.26 Å². The average molecular weight is 397 g/mol. The van der Waals surface area contributed by atoms with Crippen LogP contribution in [0.1, 0.15) is 25.1 Å². The number of ether oxygens (including phenoxy) is 1. The molecule has 2 N–H and O–H groups in total. The third kappa shape index (κ3) is 8.31. The Morgan fingerprint density at radius 1 is 1.40 bits per heavy atom. The fraction of sp³-hybridized carbons (Fsp3) is 0.750. The van der Waals surface area contributed by atoms with Crippen LogP contribution in [0.5, 0.6) is 0 Å². The first-order chi connectivity index (χ1) is 9.26. The van der Waals surface area contributed by atoms with E-state index < -0.39 is 0 Å². The summed E-state index contributed by atoms with van der Waals surface area (Å²) in [5.74, 6) is 2.15. The summed E-state index contributed by atoms with van der Waals surface area (Å²) < 4.78 is 10.0. The van der Waals surface area contributed by atoms with Crippen LogP contribution in [0.25, 0.3) is 0 Å². The number of nitrogens with one attached hydrogen (secondary N) is 2. The second-order valence-corrected chi connectivity index (χ2v) is 4.02. The summed E-state index contributed by atoms with van der Waals surface area (Å²) in [6.07, 6.45) is 1.63. The van der Waals surface area contributed by atoms with Gasteiger partial charge in [-0.2, -0.15) is 4.98 Å². The van der Waals surface area contributed by atoms with Crippen molar-refractivity contribution in [3.8, 4) is 0 Å². The molecule has 1 aromatic rings. The molecule has 0 aliphatic heterocycles. The first-order valence-electron chi connectivity index (χ1n) is 6.56. The first-order valence-corrected chi connectivity index (χ1v) is 6.56. The molecule has 20 heavy (non-hydrogen) atoms. The predicted molar refractivity (Wildman–Crippen MR) is 88.6 cm³/mol. The van der Waals surface area contributed by atoms with Gasteiger partial charge in [-0.25, -0.2) is 0 Å². The van der Waals surface area contributed by atoms with Crippen LogP contribution in [0.4, 0.5) is 0 Å². The van der Waals surface area contributed by atoms with Crippen molar-refractivity contribution in [3.05, 3.63) is 11.7 Å². The minimum Gasteiger partial charge on any atom is -0.383 e. The van der Waals surface area contributed by atoms with Gasteiger partial charge < -0.3 is 19.9 Å². The van der Waals surface area contributed by atoms with Crippen LogP contribution in [0.2, 0.25) is 0 Å². The minimum absolute atomic E-state index is 0. The van der Waals surface area contributed by atoms with Gasteiger partial charge in [0.2, 0.25) is 5.89 Å². The molecule has 116 valence electrons. The van der Waals surface area contributed by atoms with E-state index in [9.17, 15) is 0 Å². The molecule has 0 fully saturated rings. The third-order valence-corrected chi connectivity index (χ3v) is 2.33. The lowest BCUT2D eigenvalue weighted by atomic mass is 10.3. The molecule has 0 aromatic carbocycles. The second kappa shape index (κ2) is 11.9. The lowest BCUT2D eigenvalue weighted by Gasteiger charge is -2.10. The maximum atomic E-state index is 5.04. The molecule has 0 saturated carbocycles. The van der Waals surface area contributed by atoms with Crippen molar-refractivity contribution in [1.82, 2.24) is 20.8 Å². The highest BCUT2D eigenvalue weighted by Gasteiger charge is 2.02. The van der Waals surface area contributed by atoms with E-state index in [-0.39, 0.29) is 24.0 Å². The molecule has 0 spiro atoms. The van der Waals surface area contributed by atoms with Gasteiger partial charge in [0.25, 0.3) is 0 Å². The van der Waals surface area contributed by atoms with Crippen molar-refractivity contribution in [2.24, 2.45) is 4.99 Å². The number of rotatable bonds is 8. The lowest BCUT2D eigenvalue weighted by molar-refractivity contribution is 0.203. The Kier molecular flexibility index (Phi) is 11.4. The molecule has 0 saturated heterocycles. The monoisotopic (exact) mass is 397 g/mol. The topological polar surface area (TPSA) is 84.6 Å². The summed E-state index contributed by atoms with van der Waals surface area (Å²) in [5.41, 5.74) is 0. The van der Waals surface area contributed by atoms with Gasteiger partial charge in [-0.3, -0.25) is 4.99 Å². The molecule has 0 amide bonds. The van der Waals surface area contributed by atoms with Crippen molar-refractivity contribution in [1.29, 1.82) is 0 Å². The maximum Gasteiger partial charge on any atom is 0.226 e. The molecule has 0 atom stereocenters. The number of halogens is 1. The second-order valence-electron chi connectivity index (χ2n) is 4.02. The summed E-state index contributed by atoms with van der Waals surface area (Å²) in [6, 6.07) is 0. The molecule has 1 heterocycles. The molecule has 1 rings (SSSR count). The van der Waals surface area contributed by atoms with Crippen LogP contribution in [-0.4, -0.2) is 49.5 Å². The van der Waals surface area contributed by atoms with Crippen LogP contribution < -0.4 is 10.6 Å². The fourth-order valence-corrected chi connectivity index (χ4v) is 1.48. The highest BCUT2D eigenvalue weighted by Crippen LogP contribution is 1.99. The summed E-state index contributed by atoms with van der Waals surface area (Å²) in [4.78, 5) is 8.61. The van der Waals surface area contributed by atoms with E-state index in [0.717, 1.165) is 31.9 Å². The SMILES string of the molecule is CCNC(=NCCCc1nc(C)no1)NCCOC.I. The third-order valence-electron chi connectivity index (χ3n) is 2.33. The molecule has 7 nitrogen and oxygen atoms in total. The number of methoxy groups -OCH3 is 1. The Bertz CT molecular complexity index is 384. The van der Waals surface area contributed by atoms with Gasteiger partial charge in [-0.15, -0.1) is 24.0 Å². The van der Waals surface area contributed by atoms with Crippen molar-refractivity contribution in [2.45, 2.75) is 26.7 Å². The number of aryl methyl sites for hydroxylation is 2.